The van der Waals surface area contributed by atoms with Crippen LogP contribution >= 0.6 is 15.9 Å². The van der Waals surface area contributed by atoms with Crippen LogP contribution in [0.25, 0.3) is 0 Å². The van der Waals surface area contributed by atoms with Crippen molar-refractivity contribution in [1.29, 1.82) is 0 Å². The fourth-order valence-corrected chi connectivity index (χ4v) is 3.23. The zero-order chi connectivity index (χ0) is 11.9. The summed E-state index contributed by atoms with van der Waals surface area (Å²) in [5.41, 5.74) is 1.14. The van der Waals surface area contributed by atoms with Gasteiger partial charge >= 0.3 is 0 Å². The van der Waals surface area contributed by atoms with Crippen LogP contribution in [0.5, 0.6) is 0 Å². The summed E-state index contributed by atoms with van der Waals surface area (Å²) in [7, 11) is 0. The van der Waals surface area contributed by atoms with E-state index in [1.165, 1.54) is 6.42 Å². The molecular weight excluding hydrogens is 280 g/mol. The predicted octanol–water partition coefficient (Wildman–Crippen LogP) is 1.88. The molecule has 17 heavy (non-hydrogen) atoms. The van der Waals surface area contributed by atoms with E-state index in [2.05, 4.69) is 21.2 Å². The van der Waals surface area contributed by atoms with Crippen LogP contribution in [0, 0.1) is 5.41 Å². The average molecular weight is 295 g/mol. The van der Waals surface area contributed by atoms with Crippen LogP contribution in [0.2, 0.25) is 0 Å². The predicted molar refractivity (Wildman–Crippen MR) is 70.0 cm³/mol. The summed E-state index contributed by atoms with van der Waals surface area (Å²) in [6, 6.07) is 7.63. The van der Waals surface area contributed by atoms with Crippen molar-refractivity contribution in [3.8, 4) is 0 Å². The highest BCUT2D eigenvalue weighted by atomic mass is 79.9. The average Bonchev–Trinajstić information content (AvgIpc) is 2.76. The van der Waals surface area contributed by atoms with Gasteiger partial charge in [-0.05, 0) is 41.0 Å². The van der Waals surface area contributed by atoms with Crippen LogP contribution in [0.4, 0.5) is 0 Å². The van der Waals surface area contributed by atoms with Crippen LogP contribution < -0.4 is 5.32 Å². The van der Waals surface area contributed by atoms with Crippen molar-refractivity contribution in [2.45, 2.75) is 6.42 Å². The maximum Gasteiger partial charge on any atom is 0.255 e. The smallest absolute Gasteiger partial charge is 0.255 e. The van der Waals surface area contributed by atoms with Crippen molar-refractivity contribution in [2.75, 3.05) is 26.2 Å². The first-order valence-corrected chi connectivity index (χ1v) is 6.74. The van der Waals surface area contributed by atoms with Crippen LogP contribution in [0.1, 0.15) is 16.8 Å². The van der Waals surface area contributed by atoms with Gasteiger partial charge in [0.1, 0.15) is 0 Å². The molecule has 2 saturated heterocycles. The maximum atomic E-state index is 12.3. The van der Waals surface area contributed by atoms with Gasteiger partial charge in [-0.2, -0.15) is 0 Å². The summed E-state index contributed by atoms with van der Waals surface area (Å²) < 4.78 is 0.885. The lowest BCUT2D eigenvalue weighted by Gasteiger charge is -2.47. The highest BCUT2D eigenvalue weighted by molar-refractivity contribution is 9.10. The van der Waals surface area contributed by atoms with E-state index < -0.39 is 0 Å². The van der Waals surface area contributed by atoms with E-state index in [0.717, 1.165) is 36.2 Å². The van der Waals surface area contributed by atoms with E-state index in [1.807, 2.05) is 29.2 Å². The number of nitrogens with one attached hydrogen (secondary N) is 1. The van der Waals surface area contributed by atoms with E-state index in [0.29, 0.717) is 5.41 Å². The highest BCUT2D eigenvalue weighted by Crippen LogP contribution is 2.37. The zero-order valence-electron chi connectivity index (χ0n) is 9.58. The van der Waals surface area contributed by atoms with Crippen molar-refractivity contribution in [1.82, 2.24) is 10.2 Å². The lowest BCUT2D eigenvalue weighted by molar-refractivity contribution is 0.0158. The molecule has 0 radical (unpaired) electrons. The number of hydrogen-bond donors (Lipinski definition) is 1. The summed E-state index contributed by atoms with van der Waals surface area (Å²) >= 11 is 3.43. The van der Waals surface area contributed by atoms with Gasteiger partial charge in [-0.15, -0.1) is 0 Å². The molecule has 2 aliphatic heterocycles. The molecular formula is C13H15BrN2O. The number of likely N-dealkylation sites (tertiary alicyclic amines) is 1. The molecule has 1 spiro atoms. The van der Waals surface area contributed by atoms with E-state index in [-0.39, 0.29) is 5.91 Å². The fourth-order valence-electron chi connectivity index (χ4n) is 2.78. The molecule has 1 aromatic carbocycles. The molecule has 1 amide bonds. The van der Waals surface area contributed by atoms with Crippen molar-refractivity contribution in [3.05, 3.63) is 34.3 Å². The normalized spacial score (nSPS) is 21.6. The van der Waals surface area contributed by atoms with E-state index in [4.69, 9.17) is 0 Å². The van der Waals surface area contributed by atoms with Crippen molar-refractivity contribution >= 4 is 21.8 Å². The number of hydrogen-bond acceptors (Lipinski definition) is 2. The monoisotopic (exact) mass is 294 g/mol. The standard InChI is InChI=1S/C13H15BrN2O/c14-11-4-2-1-3-10(11)12(17)16-8-13(9-16)5-6-15-7-13/h1-4,15H,5-9H2. The second-order valence-electron chi connectivity index (χ2n) is 5.07. The second kappa shape index (κ2) is 4.10. The Morgan fingerprint density at radius 3 is 2.76 bits per heavy atom. The molecule has 2 heterocycles. The number of carbonyl (C=O) groups is 1. The van der Waals surface area contributed by atoms with E-state index >= 15 is 0 Å². The lowest BCUT2D eigenvalue weighted by Crippen LogP contribution is -2.59. The summed E-state index contributed by atoms with van der Waals surface area (Å²) in [5.74, 6) is 0.148. The van der Waals surface area contributed by atoms with Gasteiger partial charge in [0.2, 0.25) is 0 Å². The molecule has 0 bridgehead atoms. The Bertz CT molecular complexity index is 446. The third-order valence-electron chi connectivity index (χ3n) is 3.78. The molecule has 90 valence electrons. The molecule has 4 heteroatoms. The molecule has 1 N–H and O–H groups in total. The second-order valence-corrected chi connectivity index (χ2v) is 5.92. The van der Waals surface area contributed by atoms with E-state index in [9.17, 15) is 4.79 Å². The Morgan fingerprint density at radius 1 is 1.35 bits per heavy atom. The molecule has 0 unspecified atom stereocenters. The maximum absolute atomic E-state index is 12.3. The first-order chi connectivity index (χ1) is 8.20. The van der Waals surface area contributed by atoms with Crippen LogP contribution in [0.15, 0.2) is 28.7 Å². The summed E-state index contributed by atoms with van der Waals surface area (Å²) in [5, 5.41) is 3.38. The van der Waals surface area contributed by atoms with Gasteiger partial charge in [0, 0.05) is 29.5 Å². The van der Waals surface area contributed by atoms with Crippen LogP contribution in [-0.4, -0.2) is 37.0 Å². The Balaban J connectivity index is 1.71. The van der Waals surface area contributed by atoms with Crippen molar-refractivity contribution in [3.63, 3.8) is 0 Å². The molecule has 3 rings (SSSR count). The fraction of sp³-hybridized carbons (Fsp3) is 0.462. The van der Waals surface area contributed by atoms with Gasteiger partial charge in [-0.3, -0.25) is 4.79 Å². The SMILES string of the molecule is O=C(c1ccccc1Br)N1CC2(CCNC2)C1. The third kappa shape index (κ3) is 1.89. The minimum Gasteiger partial charge on any atom is -0.337 e. The Labute approximate surface area is 109 Å². The highest BCUT2D eigenvalue weighted by Gasteiger charge is 2.46. The first-order valence-electron chi connectivity index (χ1n) is 5.95. The zero-order valence-corrected chi connectivity index (χ0v) is 11.2. The number of benzene rings is 1. The Morgan fingerprint density at radius 2 is 2.12 bits per heavy atom. The first kappa shape index (κ1) is 11.2. The Hall–Kier alpha value is -0.870. The Kier molecular flexibility index (Phi) is 2.71. The molecule has 2 aliphatic rings. The van der Waals surface area contributed by atoms with Gasteiger partial charge < -0.3 is 10.2 Å². The summed E-state index contributed by atoms with van der Waals surface area (Å²) in [6.07, 6.45) is 1.20. The molecule has 0 saturated carbocycles. The number of halogens is 1. The molecule has 0 aromatic heterocycles. The van der Waals surface area contributed by atoms with Gasteiger partial charge in [0.15, 0.2) is 0 Å². The molecule has 0 atom stereocenters. The summed E-state index contributed by atoms with van der Waals surface area (Å²) in [4.78, 5) is 14.2. The third-order valence-corrected chi connectivity index (χ3v) is 4.47. The van der Waals surface area contributed by atoms with Gasteiger partial charge in [0.25, 0.3) is 5.91 Å². The lowest BCUT2D eigenvalue weighted by atomic mass is 9.79. The number of amides is 1. The topological polar surface area (TPSA) is 32.3 Å². The van der Waals surface area contributed by atoms with Crippen LogP contribution in [0.3, 0.4) is 0 Å². The largest absolute Gasteiger partial charge is 0.337 e. The van der Waals surface area contributed by atoms with E-state index in [1.54, 1.807) is 0 Å². The molecule has 1 aromatic rings. The number of carbonyl (C=O) groups excluding carboxylic acids is 1. The van der Waals surface area contributed by atoms with Gasteiger partial charge in [0.05, 0.1) is 5.56 Å². The summed E-state index contributed by atoms with van der Waals surface area (Å²) in [6.45, 7) is 3.96. The van der Waals surface area contributed by atoms with Gasteiger partial charge in [-0.25, -0.2) is 0 Å². The minimum atomic E-state index is 0.148. The van der Waals surface area contributed by atoms with Crippen LogP contribution in [-0.2, 0) is 0 Å². The minimum absolute atomic E-state index is 0.148. The molecule has 3 nitrogen and oxygen atoms in total. The van der Waals surface area contributed by atoms with Crippen molar-refractivity contribution < 1.29 is 4.79 Å². The molecule has 0 aliphatic carbocycles. The quantitative estimate of drug-likeness (QED) is 0.858. The molecule has 2 fully saturated rings. The number of rotatable bonds is 1. The van der Waals surface area contributed by atoms with Gasteiger partial charge in [-0.1, -0.05) is 12.1 Å². The number of nitrogens with zero attached hydrogens (tertiary/aromatic N) is 1. The van der Waals surface area contributed by atoms with Crippen molar-refractivity contribution in [2.24, 2.45) is 5.41 Å².